The van der Waals surface area contributed by atoms with Crippen LogP contribution in [0, 0.1) is 18.3 Å². The standard InChI is InChI=1S/C11H15N7/c1-7-9(4-12)11(18(3)16-7)14-5-8-6-15-17(2)10(8)13/h6,14H,5,13H2,1-3H3. The lowest BCUT2D eigenvalue weighted by Gasteiger charge is -2.06. The number of nitrogens with zero attached hydrogens (tertiary/aromatic N) is 5. The van der Waals surface area contributed by atoms with E-state index in [1.54, 1.807) is 29.7 Å². The van der Waals surface area contributed by atoms with Gasteiger partial charge in [-0.1, -0.05) is 0 Å². The molecule has 2 aromatic rings. The summed E-state index contributed by atoms with van der Waals surface area (Å²) < 4.78 is 3.26. The monoisotopic (exact) mass is 245 g/mol. The predicted octanol–water partition coefficient (Wildman–Crippen LogP) is 0.528. The Kier molecular flexibility index (Phi) is 2.93. The maximum atomic E-state index is 9.08. The highest BCUT2D eigenvalue weighted by Gasteiger charge is 2.13. The maximum Gasteiger partial charge on any atom is 0.142 e. The van der Waals surface area contributed by atoms with Gasteiger partial charge in [0.2, 0.25) is 0 Å². The van der Waals surface area contributed by atoms with Crippen LogP contribution in [0.1, 0.15) is 16.8 Å². The summed E-state index contributed by atoms with van der Waals surface area (Å²) in [5, 5.41) is 20.5. The van der Waals surface area contributed by atoms with Crippen LogP contribution in [0.25, 0.3) is 0 Å². The molecule has 2 aromatic heterocycles. The summed E-state index contributed by atoms with van der Waals surface area (Å²) >= 11 is 0. The molecular formula is C11H15N7. The smallest absolute Gasteiger partial charge is 0.142 e. The first kappa shape index (κ1) is 12.0. The zero-order valence-corrected chi connectivity index (χ0v) is 10.6. The summed E-state index contributed by atoms with van der Waals surface area (Å²) in [6, 6.07) is 2.14. The SMILES string of the molecule is Cc1nn(C)c(NCc2cnn(C)c2N)c1C#N. The molecule has 94 valence electrons. The first-order valence-corrected chi connectivity index (χ1v) is 5.48. The van der Waals surface area contributed by atoms with Gasteiger partial charge in [0.1, 0.15) is 23.3 Å². The van der Waals surface area contributed by atoms with Gasteiger partial charge in [0.15, 0.2) is 0 Å². The molecule has 2 heterocycles. The molecule has 0 radical (unpaired) electrons. The molecule has 0 aliphatic carbocycles. The Balaban J connectivity index is 2.21. The summed E-state index contributed by atoms with van der Waals surface area (Å²) in [6.45, 7) is 2.31. The number of aromatic nitrogens is 4. The Morgan fingerprint density at radius 1 is 1.44 bits per heavy atom. The van der Waals surface area contributed by atoms with Crippen molar-refractivity contribution >= 4 is 11.6 Å². The van der Waals surface area contributed by atoms with Crippen LogP contribution in [0.15, 0.2) is 6.20 Å². The van der Waals surface area contributed by atoms with Gasteiger partial charge in [-0.15, -0.1) is 0 Å². The lowest BCUT2D eigenvalue weighted by atomic mass is 10.2. The van der Waals surface area contributed by atoms with E-state index in [0.717, 1.165) is 5.56 Å². The molecule has 7 heteroatoms. The number of rotatable bonds is 3. The predicted molar refractivity (Wildman–Crippen MR) is 67.6 cm³/mol. The van der Waals surface area contributed by atoms with E-state index < -0.39 is 0 Å². The van der Waals surface area contributed by atoms with E-state index in [1.165, 1.54) is 0 Å². The summed E-state index contributed by atoms with van der Waals surface area (Å²) in [6.07, 6.45) is 1.71. The molecule has 0 unspecified atom stereocenters. The lowest BCUT2D eigenvalue weighted by molar-refractivity contribution is 0.758. The molecular weight excluding hydrogens is 230 g/mol. The van der Waals surface area contributed by atoms with Crippen LogP contribution in [0.3, 0.4) is 0 Å². The average molecular weight is 245 g/mol. The largest absolute Gasteiger partial charge is 0.384 e. The van der Waals surface area contributed by atoms with Crippen molar-refractivity contribution in [2.75, 3.05) is 11.1 Å². The van der Waals surface area contributed by atoms with Crippen LogP contribution in [0.4, 0.5) is 11.6 Å². The van der Waals surface area contributed by atoms with Gasteiger partial charge in [0.25, 0.3) is 0 Å². The molecule has 2 rings (SSSR count). The first-order chi connectivity index (χ1) is 8.54. The topological polar surface area (TPSA) is 97.5 Å². The van der Waals surface area contributed by atoms with Gasteiger partial charge in [-0.2, -0.15) is 15.5 Å². The molecule has 0 fully saturated rings. The van der Waals surface area contributed by atoms with Gasteiger partial charge >= 0.3 is 0 Å². The fraction of sp³-hybridized carbons (Fsp3) is 0.364. The molecule has 0 aliphatic heterocycles. The van der Waals surface area contributed by atoms with Gasteiger partial charge in [-0.3, -0.25) is 9.36 Å². The van der Waals surface area contributed by atoms with Crippen molar-refractivity contribution in [2.45, 2.75) is 13.5 Å². The number of nitrogen functional groups attached to an aromatic ring is 1. The van der Waals surface area contributed by atoms with Gasteiger partial charge in [0.05, 0.1) is 11.9 Å². The Labute approximate surface area is 105 Å². The maximum absolute atomic E-state index is 9.08. The van der Waals surface area contributed by atoms with Crippen LogP contribution < -0.4 is 11.1 Å². The minimum absolute atomic E-state index is 0.507. The molecule has 0 spiro atoms. The summed E-state index contributed by atoms with van der Waals surface area (Å²) in [5.41, 5.74) is 8.01. The van der Waals surface area contributed by atoms with E-state index in [2.05, 4.69) is 21.6 Å². The average Bonchev–Trinajstić information content (AvgIpc) is 2.78. The van der Waals surface area contributed by atoms with Crippen LogP contribution in [-0.2, 0) is 20.6 Å². The minimum atomic E-state index is 0.507. The second-order valence-electron chi connectivity index (χ2n) is 4.08. The summed E-state index contributed by atoms with van der Waals surface area (Å²) in [7, 11) is 3.58. The summed E-state index contributed by atoms with van der Waals surface area (Å²) in [4.78, 5) is 0. The van der Waals surface area contributed by atoms with Crippen molar-refractivity contribution in [1.82, 2.24) is 19.6 Å². The molecule has 0 saturated heterocycles. The van der Waals surface area contributed by atoms with Gasteiger partial charge < -0.3 is 11.1 Å². The summed E-state index contributed by atoms with van der Waals surface area (Å²) in [5.74, 6) is 1.30. The van der Waals surface area contributed by atoms with Crippen molar-refractivity contribution in [1.29, 1.82) is 5.26 Å². The number of hydrogen-bond donors (Lipinski definition) is 2. The number of aryl methyl sites for hydroxylation is 3. The molecule has 0 bridgehead atoms. The van der Waals surface area contributed by atoms with Crippen molar-refractivity contribution < 1.29 is 0 Å². The fourth-order valence-corrected chi connectivity index (χ4v) is 1.80. The molecule has 0 saturated carbocycles. The van der Waals surface area contributed by atoms with Gasteiger partial charge in [-0.25, -0.2) is 0 Å². The Morgan fingerprint density at radius 3 is 2.72 bits per heavy atom. The van der Waals surface area contributed by atoms with Crippen molar-refractivity contribution in [3.05, 3.63) is 23.0 Å². The molecule has 0 amide bonds. The van der Waals surface area contributed by atoms with Crippen molar-refractivity contribution in [2.24, 2.45) is 14.1 Å². The molecule has 0 aliphatic rings. The zero-order chi connectivity index (χ0) is 13.3. The van der Waals surface area contributed by atoms with E-state index in [4.69, 9.17) is 11.0 Å². The molecule has 18 heavy (non-hydrogen) atoms. The molecule has 7 nitrogen and oxygen atoms in total. The highest BCUT2D eigenvalue weighted by atomic mass is 15.3. The first-order valence-electron chi connectivity index (χ1n) is 5.48. The van der Waals surface area contributed by atoms with Gasteiger partial charge in [0, 0.05) is 26.2 Å². The Morgan fingerprint density at radius 2 is 2.17 bits per heavy atom. The van der Waals surface area contributed by atoms with Crippen LogP contribution in [0.5, 0.6) is 0 Å². The Bertz CT molecular complexity index is 614. The Hall–Kier alpha value is -2.49. The number of nitriles is 1. The van der Waals surface area contributed by atoms with Crippen LogP contribution in [0.2, 0.25) is 0 Å². The fourth-order valence-electron chi connectivity index (χ4n) is 1.80. The van der Waals surface area contributed by atoms with E-state index in [1.807, 2.05) is 6.92 Å². The number of nitrogens with one attached hydrogen (secondary N) is 1. The van der Waals surface area contributed by atoms with Crippen molar-refractivity contribution in [3.63, 3.8) is 0 Å². The normalized spacial score (nSPS) is 10.3. The second-order valence-corrected chi connectivity index (χ2v) is 4.08. The molecule has 0 aromatic carbocycles. The lowest BCUT2D eigenvalue weighted by Crippen LogP contribution is -2.07. The van der Waals surface area contributed by atoms with Crippen molar-refractivity contribution in [3.8, 4) is 6.07 Å². The number of anilines is 2. The van der Waals surface area contributed by atoms with Gasteiger partial charge in [-0.05, 0) is 6.92 Å². The van der Waals surface area contributed by atoms with Crippen LogP contribution in [-0.4, -0.2) is 19.6 Å². The van der Waals surface area contributed by atoms with E-state index in [9.17, 15) is 0 Å². The third-order valence-electron chi connectivity index (χ3n) is 2.84. The molecule has 3 N–H and O–H groups in total. The van der Waals surface area contributed by atoms with E-state index in [-0.39, 0.29) is 0 Å². The number of nitrogens with two attached hydrogens (primary N) is 1. The van der Waals surface area contributed by atoms with E-state index >= 15 is 0 Å². The van der Waals surface area contributed by atoms with E-state index in [0.29, 0.717) is 29.4 Å². The molecule has 0 atom stereocenters. The third-order valence-corrected chi connectivity index (χ3v) is 2.84. The highest BCUT2D eigenvalue weighted by Crippen LogP contribution is 2.19. The minimum Gasteiger partial charge on any atom is -0.384 e. The number of hydrogen-bond acceptors (Lipinski definition) is 5. The quantitative estimate of drug-likeness (QED) is 0.822. The zero-order valence-electron chi connectivity index (χ0n) is 10.6. The third kappa shape index (κ3) is 1.88. The highest BCUT2D eigenvalue weighted by molar-refractivity contribution is 5.55. The van der Waals surface area contributed by atoms with Crippen LogP contribution >= 0.6 is 0 Å². The second kappa shape index (κ2) is 4.41.